The van der Waals surface area contributed by atoms with Crippen molar-refractivity contribution in [3.8, 4) is 5.75 Å². The van der Waals surface area contributed by atoms with E-state index in [1.54, 1.807) is 60.7 Å². The molecule has 0 unspecified atom stereocenters. The third-order valence-corrected chi connectivity index (χ3v) is 5.53. The zero-order valence-electron chi connectivity index (χ0n) is 17.5. The number of aryl methyl sites for hydroxylation is 1. The molecule has 0 aromatic heterocycles. The van der Waals surface area contributed by atoms with Crippen LogP contribution in [0.1, 0.15) is 18.1 Å². The SMILES string of the molecule is CCOc1ccc(C2=C(Nc3cc(Cl)ccc3C)C(=O)N(c3cccc(Cl)c3)C2=O)cc1. The van der Waals surface area contributed by atoms with Gasteiger partial charge in [-0.05, 0) is 67.4 Å². The van der Waals surface area contributed by atoms with Crippen LogP contribution in [0.2, 0.25) is 10.0 Å². The number of amides is 2. The maximum Gasteiger partial charge on any atom is 0.282 e. The summed E-state index contributed by atoms with van der Waals surface area (Å²) in [6.45, 7) is 4.32. The topological polar surface area (TPSA) is 58.6 Å². The highest BCUT2D eigenvalue weighted by molar-refractivity contribution is 6.46. The van der Waals surface area contributed by atoms with Crippen LogP contribution in [0.4, 0.5) is 11.4 Å². The van der Waals surface area contributed by atoms with Gasteiger partial charge in [0.2, 0.25) is 0 Å². The van der Waals surface area contributed by atoms with Gasteiger partial charge in [0.15, 0.2) is 0 Å². The predicted octanol–water partition coefficient (Wildman–Crippen LogP) is 6.10. The van der Waals surface area contributed by atoms with Gasteiger partial charge in [-0.2, -0.15) is 0 Å². The number of benzene rings is 3. The summed E-state index contributed by atoms with van der Waals surface area (Å²) in [5, 5.41) is 4.10. The second-order valence-corrected chi connectivity index (χ2v) is 8.09. The Bertz CT molecular complexity index is 1240. The Morgan fingerprint density at radius 1 is 0.906 bits per heavy atom. The molecule has 0 saturated heterocycles. The average Bonchev–Trinajstić information content (AvgIpc) is 3.01. The van der Waals surface area contributed by atoms with Gasteiger partial charge in [0.1, 0.15) is 11.4 Å². The first-order chi connectivity index (χ1) is 15.4. The van der Waals surface area contributed by atoms with Crippen molar-refractivity contribution in [2.45, 2.75) is 13.8 Å². The third-order valence-electron chi connectivity index (χ3n) is 5.06. The Labute approximate surface area is 196 Å². The highest BCUT2D eigenvalue weighted by atomic mass is 35.5. The molecule has 0 fully saturated rings. The van der Waals surface area contributed by atoms with E-state index in [4.69, 9.17) is 27.9 Å². The number of ether oxygens (including phenoxy) is 1. The first kappa shape index (κ1) is 21.9. The van der Waals surface area contributed by atoms with Crippen LogP contribution in [-0.4, -0.2) is 18.4 Å². The second kappa shape index (κ2) is 9.07. The van der Waals surface area contributed by atoms with Gasteiger partial charge in [0.05, 0.1) is 17.9 Å². The molecule has 1 N–H and O–H groups in total. The molecule has 1 aliphatic rings. The average molecular weight is 467 g/mol. The Kier molecular flexibility index (Phi) is 6.21. The largest absolute Gasteiger partial charge is 0.494 e. The summed E-state index contributed by atoms with van der Waals surface area (Å²) >= 11 is 12.3. The molecule has 3 aromatic carbocycles. The highest BCUT2D eigenvalue weighted by Gasteiger charge is 2.40. The minimum atomic E-state index is -0.472. The lowest BCUT2D eigenvalue weighted by molar-refractivity contribution is -0.120. The van der Waals surface area contributed by atoms with E-state index in [1.807, 2.05) is 19.9 Å². The van der Waals surface area contributed by atoms with Gasteiger partial charge < -0.3 is 10.1 Å². The molecule has 5 nitrogen and oxygen atoms in total. The number of halogens is 2. The molecule has 0 spiro atoms. The lowest BCUT2D eigenvalue weighted by Crippen LogP contribution is -2.32. The molecule has 1 aliphatic heterocycles. The lowest BCUT2D eigenvalue weighted by Gasteiger charge is -2.16. The normalized spacial score (nSPS) is 13.7. The van der Waals surface area contributed by atoms with E-state index in [0.29, 0.717) is 39.3 Å². The molecule has 0 radical (unpaired) electrons. The standard InChI is InChI=1S/C25H20Cl2N2O3/c1-3-32-20-11-8-16(9-12-20)22-23(28-21-14-18(27)10-7-15(21)2)25(31)29(24(22)30)19-6-4-5-17(26)13-19/h4-14,28H,3H2,1-2H3. The summed E-state index contributed by atoms with van der Waals surface area (Å²) in [4.78, 5) is 28.1. The van der Waals surface area contributed by atoms with E-state index in [9.17, 15) is 9.59 Å². The number of nitrogens with zero attached hydrogens (tertiary/aromatic N) is 1. The van der Waals surface area contributed by atoms with Gasteiger partial charge in [-0.3, -0.25) is 9.59 Å². The molecule has 0 saturated carbocycles. The molecule has 4 rings (SSSR count). The van der Waals surface area contributed by atoms with Crippen molar-refractivity contribution in [3.63, 3.8) is 0 Å². The first-order valence-electron chi connectivity index (χ1n) is 10.0. The van der Waals surface area contributed by atoms with Crippen LogP contribution < -0.4 is 15.0 Å². The van der Waals surface area contributed by atoms with Gasteiger partial charge in [-0.15, -0.1) is 0 Å². The number of nitrogens with one attached hydrogen (secondary N) is 1. The maximum atomic E-state index is 13.5. The van der Waals surface area contributed by atoms with E-state index in [0.717, 1.165) is 10.5 Å². The molecule has 2 amide bonds. The van der Waals surface area contributed by atoms with Crippen LogP contribution in [0, 0.1) is 6.92 Å². The zero-order valence-corrected chi connectivity index (χ0v) is 19.0. The fourth-order valence-electron chi connectivity index (χ4n) is 3.51. The molecular weight excluding hydrogens is 447 g/mol. The molecule has 0 bridgehead atoms. The van der Waals surface area contributed by atoms with E-state index in [-0.39, 0.29) is 11.3 Å². The van der Waals surface area contributed by atoms with Crippen molar-refractivity contribution in [1.29, 1.82) is 0 Å². The predicted molar refractivity (Wildman–Crippen MR) is 128 cm³/mol. The van der Waals surface area contributed by atoms with Crippen LogP contribution in [-0.2, 0) is 9.59 Å². The van der Waals surface area contributed by atoms with E-state index in [2.05, 4.69) is 5.32 Å². The minimum Gasteiger partial charge on any atom is -0.494 e. The Balaban J connectivity index is 1.82. The van der Waals surface area contributed by atoms with Crippen molar-refractivity contribution >= 4 is 52.0 Å². The lowest BCUT2D eigenvalue weighted by atomic mass is 10.0. The number of hydrogen-bond donors (Lipinski definition) is 1. The van der Waals surface area contributed by atoms with Crippen LogP contribution in [0.3, 0.4) is 0 Å². The van der Waals surface area contributed by atoms with E-state index in [1.165, 1.54) is 0 Å². The van der Waals surface area contributed by atoms with Crippen LogP contribution in [0.25, 0.3) is 5.57 Å². The van der Waals surface area contributed by atoms with Crippen molar-refractivity contribution in [1.82, 2.24) is 0 Å². The Morgan fingerprint density at radius 3 is 2.31 bits per heavy atom. The van der Waals surface area contributed by atoms with Gasteiger partial charge in [0, 0.05) is 15.7 Å². The second-order valence-electron chi connectivity index (χ2n) is 7.22. The van der Waals surface area contributed by atoms with Crippen molar-refractivity contribution < 1.29 is 14.3 Å². The van der Waals surface area contributed by atoms with Gasteiger partial charge in [0.25, 0.3) is 11.8 Å². The van der Waals surface area contributed by atoms with E-state index >= 15 is 0 Å². The summed E-state index contributed by atoms with van der Waals surface area (Å²) in [5.41, 5.74) is 2.95. The molecule has 7 heteroatoms. The summed E-state index contributed by atoms with van der Waals surface area (Å²) in [6, 6.07) is 19.0. The molecule has 0 aliphatic carbocycles. The fourth-order valence-corrected chi connectivity index (χ4v) is 3.87. The monoisotopic (exact) mass is 466 g/mol. The molecule has 3 aromatic rings. The summed E-state index contributed by atoms with van der Waals surface area (Å²) < 4.78 is 5.50. The van der Waals surface area contributed by atoms with Crippen LogP contribution >= 0.6 is 23.2 Å². The van der Waals surface area contributed by atoms with Crippen molar-refractivity contribution in [2.75, 3.05) is 16.8 Å². The molecule has 162 valence electrons. The van der Waals surface area contributed by atoms with Crippen molar-refractivity contribution in [3.05, 3.63) is 93.6 Å². The summed E-state index contributed by atoms with van der Waals surface area (Å²) in [5.74, 6) is -0.232. The Morgan fingerprint density at radius 2 is 1.62 bits per heavy atom. The number of hydrogen-bond acceptors (Lipinski definition) is 4. The van der Waals surface area contributed by atoms with E-state index < -0.39 is 11.8 Å². The minimum absolute atomic E-state index is 0.171. The van der Waals surface area contributed by atoms with Gasteiger partial charge in [-0.25, -0.2) is 4.90 Å². The third kappa shape index (κ3) is 4.22. The Hall–Kier alpha value is -3.28. The van der Waals surface area contributed by atoms with Crippen molar-refractivity contribution in [2.24, 2.45) is 0 Å². The summed E-state index contributed by atoms with van der Waals surface area (Å²) in [7, 11) is 0. The first-order valence-corrected chi connectivity index (χ1v) is 10.8. The number of rotatable bonds is 6. The maximum absolute atomic E-state index is 13.5. The zero-order chi connectivity index (χ0) is 22.8. The van der Waals surface area contributed by atoms with Gasteiger partial charge in [-0.1, -0.05) is 47.5 Å². The quantitative estimate of drug-likeness (QED) is 0.446. The summed E-state index contributed by atoms with van der Waals surface area (Å²) in [6.07, 6.45) is 0. The molecule has 32 heavy (non-hydrogen) atoms. The van der Waals surface area contributed by atoms with Crippen LogP contribution in [0.15, 0.2) is 72.4 Å². The number of imide groups is 1. The number of carbonyl (C=O) groups excluding carboxylic acids is 2. The number of anilines is 2. The molecule has 0 atom stereocenters. The molecular formula is C25H20Cl2N2O3. The smallest absolute Gasteiger partial charge is 0.282 e. The van der Waals surface area contributed by atoms with Gasteiger partial charge >= 0.3 is 0 Å². The molecule has 1 heterocycles. The fraction of sp³-hybridized carbons (Fsp3) is 0.120. The highest BCUT2D eigenvalue weighted by Crippen LogP contribution is 2.36. The number of carbonyl (C=O) groups is 2. The van der Waals surface area contributed by atoms with Crippen LogP contribution in [0.5, 0.6) is 5.75 Å².